The number of carbonyl (C=O) groups excluding carboxylic acids is 1. The summed E-state index contributed by atoms with van der Waals surface area (Å²) in [5, 5.41) is 3.08. The minimum absolute atomic E-state index is 0.00296. The van der Waals surface area contributed by atoms with Crippen molar-refractivity contribution in [3.8, 4) is 0 Å². The topological polar surface area (TPSA) is 54.3 Å². The number of hydrogen-bond donors (Lipinski definition) is 1. The number of fused-ring (bicyclic) bond motifs is 4. The molecular weight excluding hydrogens is 338 g/mol. The minimum Gasteiger partial charge on any atom is -0.350 e. The van der Waals surface area contributed by atoms with Gasteiger partial charge in [-0.25, -0.2) is 0 Å². The summed E-state index contributed by atoms with van der Waals surface area (Å²) in [5.41, 5.74) is 4.11. The first-order valence-corrected chi connectivity index (χ1v) is 9.69. The fourth-order valence-corrected chi connectivity index (χ4v) is 4.71. The van der Waals surface area contributed by atoms with Crippen LogP contribution in [0, 0.1) is 19.8 Å². The van der Waals surface area contributed by atoms with Gasteiger partial charge in [-0.1, -0.05) is 12.1 Å². The first-order valence-electron chi connectivity index (χ1n) is 9.69. The number of aryl methyl sites for hydroxylation is 2. The molecule has 1 saturated heterocycles. The van der Waals surface area contributed by atoms with Crippen molar-refractivity contribution in [2.24, 2.45) is 5.92 Å². The number of nitrogens with zero attached hydrogens (tertiary/aromatic N) is 2. The molecule has 4 rings (SSSR count). The molecule has 0 aliphatic carbocycles. The second-order valence-electron chi connectivity index (χ2n) is 8.15. The minimum atomic E-state index is -0.0742. The second-order valence-corrected chi connectivity index (χ2v) is 8.15. The molecule has 1 N–H and O–H groups in total. The second kappa shape index (κ2) is 6.97. The molecule has 2 aliphatic rings. The number of benzene rings is 1. The maximum absolute atomic E-state index is 12.7. The van der Waals surface area contributed by atoms with E-state index in [4.69, 9.17) is 0 Å². The average Bonchev–Trinajstić information content (AvgIpc) is 2.64. The summed E-state index contributed by atoms with van der Waals surface area (Å²) in [4.78, 5) is 27.6. The van der Waals surface area contributed by atoms with Crippen LogP contribution in [0.3, 0.4) is 0 Å². The largest absolute Gasteiger partial charge is 0.350 e. The molecule has 1 fully saturated rings. The van der Waals surface area contributed by atoms with Crippen molar-refractivity contribution in [1.29, 1.82) is 0 Å². The van der Waals surface area contributed by atoms with E-state index in [2.05, 4.69) is 23.3 Å². The number of aromatic nitrogens is 1. The number of carbonyl (C=O) groups is 1. The zero-order valence-electron chi connectivity index (χ0n) is 16.2. The molecule has 0 spiro atoms. The molecule has 3 atom stereocenters. The lowest BCUT2D eigenvalue weighted by atomic mass is 9.78. The van der Waals surface area contributed by atoms with Crippen molar-refractivity contribution in [2.75, 3.05) is 26.7 Å². The van der Waals surface area contributed by atoms with Gasteiger partial charge in [-0.05, 0) is 62.6 Å². The van der Waals surface area contributed by atoms with Gasteiger partial charge in [0, 0.05) is 42.9 Å². The molecule has 3 heterocycles. The first-order chi connectivity index (χ1) is 12.9. The normalized spacial score (nSPS) is 24.3. The number of hydrogen-bond acceptors (Lipinski definition) is 3. The monoisotopic (exact) mass is 365 g/mol. The lowest BCUT2D eigenvalue weighted by Gasteiger charge is -2.46. The van der Waals surface area contributed by atoms with E-state index in [0.29, 0.717) is 23.9 Å². The van der Waals surface area contributed by atoms with Crippen LogP contribution in [-0.2, 0) is 0 Å². The van der Waals surface area contributed by atoms with Crippen LogP contribution in [0.2, 0.25) is 0 Å². The number of likely N-dealkylation sites (N-methyl/N-ethyl adjacent to an activating group) is 1. The molecule has 1 aromatic carbocycles. The molecule has 2 aromatic rings. The van der Waals surface area contributed by atoms with Crippen LogP contribution in [0.15, 0.2) is 41.2 Å². The summed E-state index contributed by atoms with van der Waals surface area (Å²) in [6.07, 6.45) is 1.08. The standard InChI is InChI=1S/C22H27N3O2/c1-14-7-8-16(9-15(14)2)22(27)23-11-20-18-10-17(12-24(3)13-18)19-5-4-6-21(26)25(19)20/h4-9,17-18,20H,10-13H2,1-3H3,(H,23,27)/t17-,18+,20+/m1/s1. The van der Waals surface area contributed by atoms with E-state index in [1.807, 2.05) is 42.7 Å². The molecule has 2 bridgehead atoms. The van der Waals surface area contributed by atoms with Gasteiger partial charge in [0.1, 0.15) is 0 Å². The van der Waals surface area contributed by atoms with Crippen LogP contribution < -0.4 is 10.9 Å². The van der Waals surface area contributed by atoms with Crippen LogP contribution in [0.1, 0.15) is 45.6 Å². The third kappa shape index (κ3) is 3.32. The van der Waals surface area contributed by atoms with Crippen LogP contribution in [0.5, 0.6) is 0 Å². The summed E-state index contributed by atoms with van der Waals surface area (Å²) >= 11 is 0. The summed E-state index contributed by atoms with van der Waals surface area (Å²) in [5.74, 6) is 0.700. The zero-order chi connectivity index (χ0) is 19.1. The third-order valence-electron chi connectivity index (χ3n) is 6.22. The van der Waals surface area contributed by atoms with Gasteiger partial charge >= 0.3 is 0 Å². The van der Waals surface area contributed by atoms with Crippen LogP contribution in [0.4, 0.5) is 0 Å². The van der Waals surface area contributed by atoms with E-state index < -0.39 is 0 Å². The van der Waals surface area contributed by atoms with Gasteiger partial charge in [0.2, 0.25) is 0 Å². The smallest absolute Gasteiger partial charge is 0.251 e. The Bertz CT molecular complexity index is 933. The van der Waals surface area contributed by atoms with Gasteiger partial charge in [-0.3, -0.25) is 9.59 Å². The lowest BCUT2D eigenvalue weighted by molar-refractivity contribution is 0.0885. The van der Waals surface area contributed by atoms with Crippen molar-refractivity contribution in [3.05, 3.63) is 69.1 Å². The Balaban J connectivity index is 1.59. The highest BCUT2D eigenvalue weighted by Crippen LogP contribution is 2.40. The predicted molar refractivity (Wildman–Crippen MR) is 106 cm³/mol. The quantitative estimate of drug-likeness (QED) is 0.909. The van der Waals surface area contributed by atoms with Gasteiger partial charge in [0.05, 0.1) is 6.04 Å². The van der Waals surface area contributed by atoms with Crippen LogP contribution in [0.25, 0.3) is 0 Å². The molecular formula is C22H27N3O2. The molecule has 0 radical (unpaired) electrons. The van der Waals surface area contributed by atoms with Crippen molar-refractivity contribution >= 4 is 5.91 Å². The predicted octanol–water partition coefficient (Wildman–Crippen LogP) is 2.49. The maximum Gasteiger partial charge on any atom is 0.251 e. The van der Waals surface area contributed by atoms with Crippen LogP contribution in [-0.4, -0.2) is 42.1 Å². The molecule has 1 aromatic heterocycles. The fourth-order valence-electron chi connectivity index (χ4n) is 4.71. The summed E-state index contributed by atoms with van der Waals surface area (Å²) < 4.78 is 1.94. The number of likely N-dealkylation sites (tertiary alicyclic amines) is 1. The summed E-state index contributed by atoms with van der Waals surface area (Å²) in [6.45, 7) is 6.48. The molecule has 1 amide bonds. The Labute approximate surface area is 160 Å². The summed E-state index contributed by atoms with van der Waals surface area (Å²) in [6, 6.07) is 11.3. The lowest BCUT2D eigenvalue weighted by Crippen LogP contribution is -2.51. The highest BCUT2D eigenvalue weighted by molar-refractivity contribution is 5.94. The highest BCUT2D eigenvalue weighted by atomic mass is 16.1. The Morgan fingerprint density at radius 2 is 1.96 bits per heavy atom. The molecule has 0 unspecified atom stereocenters. The van der Waals surface area contributed by atoms with Gasteiger partial charge in [0.15, 0.2) is 0 Å². The molecule has 2 aliphatic heterocycles. The Hall–Kier alpha value is -2.40. The van der Waals surface area contributed by atoms with E-state index in [9.17, 15) is 9.59 Å². The molecule has 27 heavy (non-hydrogen) atoms. The zero-order valence-corrected chi connectivity index (χ0v) is 16.2. The Morgan fingerprint density at radius 3 is 2.74 bits per heavy atom. The Kier molecular flexibility index (Phi) is 4.64. The molecule has 0 saturated carbocycles. The SMILES string of the molecule is Cc1ccc(C(=O)NC[C@H]2[C@H]3C[C@H](CN(C)C3)c3cccc(=O)n32)cc1C. The number of nitrogens with one attached hydrogen (secondary N) is 1. The van der Waals surface area contributed by atoms with E-state index in [1.165, 1.54) is 5.56 Å². The third-order valence-corrected chi connectivity index (χ3v) is 6.22. The van der Waals surface area contributed by atoms with Gasteiger partial charge in [0.25, 0.3) is 11.5 Å². The fraction of sp³-hybridized carbons (Fsp3) is 0.455. The van der Waals surface area contributed by atoms with Crippen molar-refractivity contribution < 1.29 is 4.79 Å². The highest BCUT2D eigenvalue weighted by Gasteiger charge is 2.39. The van der Waals surface area contributed by atoms with E-state index >= 15 is 0 Å². The van der Waals surface area contributed by atoms with E-state index in [-0.39, 0.29) is 17.5 Å². The first kappa shape index (κ1) is 18.0. The summed E-state index contributed by atoms with van der Waals surface area (Å²) in [7, 11) is 2.14. The maximum atomic E-state index is 12.7. The molecule has 5 heteroatoms. The molecule has 142 valence electrons. The number of pyridine rings is 1. The van der Waals surface area contributed by atoms with Crippen LogP contribution >= 0.6 is 0 Å². The van der Waals surface area contributed by atoms with Gasteiger partial charge < -0.3 is 14.8 Å². The van der Waals surface area contributed by atoms with Crippen molar-refractivity contribution in [2.45, 2.75) is 32.2 Å². The number of piperidine rings is 1. The number of amides is 1. The van der Waals surface area contributed by atoms with E-state index in [0.717, 1.165) is 30.8 Å². The van der Waals surface area contributed by atoms with Crippen molar-refractivity contribution in [1.82, 2.24) is 14.8 Å². The van der Waals surface area contributed by atoms with Crippen molar-refractivity contribution in [3.63, 3.8) is 0 Å². The molecule has 5 nitrogen and oxygen atoms in total. The average molecular weight is 365 g/mol. The Morgan fingerprint density at radius 1 is 1.15 bits per heavy atom. The van der Waals surface area contributed by atoms with Gasteiger partial charge in [-0.15, -0.1) is 0 Å². The number of rotatable bonds is 3. The van der Waals surface area contributed by atoms with Gasteiger partial charge in [-0.2, -0.15) is 0 Å². The van der Waals surface area contributed by atoms with E-state index in [1.54, 1.807) is 6.07 Å².